The number of carbonyl (C=O) groups is 1. The summed E-state index contributed by atoms with van der Waals surface area (Å²) in [4.78, 5) is 12.5. The lowest BCUT2D eigenvalue weighted by Crippen LogP contribution is -2.30. The first kappa shape index (κ1) is 12.4. The van der Waals surface area contributed by atoms with Gasteiger partial charge in [-0.3, -0.25) is 9.69 Å². The summed E-state index contributed by atoms with van der Waals surface area (Å²) in [5.74, 6) is -0.331. The molecular weight excluding hydrogens is 271 g/mol. The van der Waals surface area contributed by atoms with Crippen molar-refractivity contribution >= 4 is 39.9 Å². The number of anilines is 1. The third-order valence-electron chi connectivity index (χ3n) is 2.20. The molecule has 1 aliphatic heterocycles. The van der Waals surface area contributed by atoms with E-state index in [0.29, 0.717) is 0 Å². The maximum Gasteiger partial charge on any atom is 0.418 e. The summed E-state index contributed by atoms with van der Waals surface area (Å²) in [6, 6.07) is 4.92. The molecule has 1 aliphatic rings. The van der Waals surface area contributed by atoms with Gasteiger partial charge in [-0.2, -0.15) is 13.2 Å². The number of benzene rings is 1. The molecule has 7 heteroatoms. The van der Waals surface area contributed by atoms with Gasteiger partial charge in [-0.25, -0.2) is 0 Å². The minimum absolute atomic E-state index is 0.0883. The van der Waals surface area contributed by atoms with Crippen LogP contribution in [0.5, 0.6) is 0 Å². The van der Waals surface area contributed by atoms with Gasteiger partial charge in [-0.1, -0.05) is 36.1 Å². The van der Waals surface area contributed by atoms with Crippen LogP contribution in [0.3, 0.4) is 0 Å². The van der Waals surface area contributed by atoms with Crippen LogP contribution in [0, 0.1) is 0 Å². The number of alkyl halides is 3. The van der Waals surface area contributed by atoms with Gasteiger partial charge in [0.05, 0.1) is 17.0 Å². The Morgan fingerprint density at radius 3 is 2.47 bits per heavy atom. The van der Waals surface area contributed by atoms with Gasteiger partial charge in [0, 0.05) is 0 Å². The van der Waals surface area contributed by atoms with Crippen LogP contribution in [0.25, 0.3) is 0 Å². The van der Waals surface area contributed by atoms with Crippen LogP contribution < -0.4 is 4.90 Å². The number of hydrogen-bond acceptors (Lipinski definition) is 3. The molecule has 1 fully saturated rings. The Balaban J connectivity index is 2.52. The molecule has 2 rings (SSSR count). The highest BCUT2D eigenvalue weighted by Gasteiger charge is 2.38. The van der Waals surface area contributed by atoms with Gasteiger partial charge in [0.2, 0.25) is 5.91 Å². The largest absolute Gasteiger partial charge is 0.418 e. The molecule has 0 spiro atoms. The Bertz CT molecular complexity index is 471. The number of para-hydroxylation sites is 1. The van der Waals surface area contributed by atoms with Crippen molar-refractivity contribution in [3.63, 3.8) is 0 Å². The SMILES string of the molecule is O=C1CSC(=S)N1c1ccccc1C(F)(F)F. The zero-order valence-electron chi connectivity index (χ0n) is 8.32. The molecule has 2 nitrogen and oxygen atoms in total. The predicted octanol–water partition coefficient (Wildman–Crippen LogP) is 3.07. The lowest BCUT2D eigenvalue weighted by Gasteiger charge is -2.20. The van der Waals surface area contributed by atoms with E-state index in [1.807, 2.05) is 0 Å². The van der Waals surface area contributed by atoms with E-state index in [4.69, 9.17) is 12.2 Å². The first-order chi connectivity index (χ1) is 7.91. The number of amides is 1. The third-order valence-corrected chi connectivity index (χ3v) is 3.56. The Kier molecular flexibility index (Phi) is 3.13. The highest BCUT2D eigenvalue weighted by Crippen LogP contribution is 2.38. The second kappa shape index (κ2) is 4.30. The predicted molar refractivity (Wildman–Crippen MR) is 64.0 cm³/mol. The topological polar surface area (TPSA) is 20.3 Å². The van der Waals surface area contributed by atoms with Crippen molar-refractivity contribution in [2.45, 2.75) is 6.18 Å². The lowest BCUT2D eigenvalue weighted by molar-refractivity contribution is -0.137. The zero-order chi connectivity index (χ0) is 12.6. The molecule has 90 valence electrons. The van der Waals surface area contributed by atoms with E-state index in [1.54, 1.807) is 0 Å². The standard InChI is InChI=1S/C10H6F3NOS2/c11-10(12,13)6-3-1-2-4-7(6)14-8(15)5-17-9(14)16/h1-4H,5H2. The number of nitrogens with zero attached hydrogens (tertiary/aromatic N) is 1. The molecule has 0 unspecified atom stereocenters. The highest BCUT2D eigenvalue weighted by molar-refractivity contribution is 8.24. The molecule has 1 saturated heterocycles. The summed E-state index contributed by atoms with van der Waals surface area (Å²) in [5.41, 5.74) is -1.04. The molecule has 0 bridgehead atoms. The molecule has 17 heavy (non-hydrogen) atoms. The molecule has 1 heterocycles. The number of carbonyl (C=O) groups excluding carboxylic acids is 1. The second-order valence-corrected chi connectivity index (χ2v) is 4.91. The number of thioether (sulfide) groups is 1. The fourth-order valence-electron chi connectivity index (χ4n) is 1.50. The maximum atomic E-state index is 12.8. The molecule has 1 amide bonds. The number of halogens is 3. The Hall–Kier alpha value is -1.08. The first-order valence-corrected chi connectivity index (χ1v) is 5.96. The molecule has 0 aliphatic carbocycles. The molecule has 0 aromatic heterocycles. The Morgan fingerprint density at radius 1 is 1.29 bits per heavy atom. The fraction of sp³-hybridized carbons (Fsp3) is 0.200. The average Bonchev–Trinajstić information content (AvgIpc) is 2.57. The summed E-state index contributed by atoms with van der Waals surface area (Å²) < 4.78 is 38.5. The molecule has 0 N–H and O–H groups in total. The zero-order valence-corrected chi connectivity index (χ0v) is 9.96. The van der Waals surface area contributed by atoms with E-state index < -0.39 is 17.6 Å². The normalized spacial score (nSPS) is 16.8. The second-order valence-electron chi connectivity index (χ2n) is 3.30. The van der Waals surface area contributed by atoms with Gasteiger partial charge in [0.15, 0.2) is 0 Å². The van der Waals surface area contributed by atoms with Crippen LogP contribution in [-0.4, -0.2) is 16.0 Å². The minimum atomic E-state index is -4.50. The van der Waals surface area contributed by atoms with Crippen LogP contribution in [-0.2, 0) is 11.0 Å². The van der Waals surface area contributed by atoms with Crippen molar-refractivity contribution < 1.29 is 18.0 Å². The monoisotopic (exact) mass is 277 g/mol. The molecule has 0 atom stereocenters. The van der Waals surface area contributed by atoms with Gasteiger partial charge in [-0.15, -0.1) is 0 Å². The van der Waals surface area contributed by atoms with Crippen LogP contribution >= 0.6 is 24.0 Å². The van der Waals surface area contributed by atoms with Crippen molar-refractivity contribution in [1.82, 2.24) is 0 Å². The van der Waals surface area contributed by atoms with Gasteiger partial charge >= 0.3 is 6.18 Å². The fourth-order valence-corrected chi connectivity index (χ4v) is 2.58. The summed E-state index contributed by atoms with van der Waals surface area (Å²) in [6.07, 6.45) is -4.50. The lowest BCUT2D eigenvalue weighted by atomic mass is 10.1. The van der Waals surface area contributed by atoms with Crippen molar-refractivity contribution in [3.05, 3.63) is 29.8 Å². The van der Waals surface area contributed by atoms with Crippen molar-refractivity contribution in [3.8, 4) is 0 Å². The van der Waals surface area contributed by atoms with Gasteiger partial charge < -0.3 is 0 Å². The van der Waals surface area contributed by atoms with Crippen LogP contribution in [0.4, 0.5) is 18.9 Å². The average molecular weight is 277 g/mol. The molecule has 1 aromatic rings. The van der Waals surface area contributed by atoms with Gasteiger partial charge in [-0.05, 0) is 12.1 Å². The number of hydrogen-bond donors (Lipinski definition) is 0. The Morgan fingerprint density at radius 2 is 1.94 bits per heavy atom. The van der Waals surface area contributed by atoms with Gasteiger partial charge in [0.25, 0.3) is 0 Å². The summed E-state index contributed by atoms with van der Waals surface area (Å²) in [5, 5.41) is 0. The molecular formula is C10H6F3NOS2. The minimum Gasteiger partial charge on any atom is -0.273 e. The van der Waals surface area contributed by atoms with E-state index in [2.05, 4.69) is 0 Å². The summed E-state index contributed by atoms with van der Waals surface area (Å²) >= 11 is 5.95. The first-order valence-electron chi connectivity index (χ1n) is 4.57. The quantitative estimate of drug-likeness (QED) is 0.736. The molecule has 1 aromatic carbocycles. The molecule has 0 saturated carbocycles. The van der Waals surface area contributed by atoms with Crippen LogP contribution in [0.1, 0.15) is 5.56 Å². The van der Waals surface area contributed by atoms with Crippen LogP contribution in [0.2, 0.25) is 0 Å². The summed E-state index contributed by atoms with van der Waals surface area (Å²) in [7, 11) is 0. The highest BCUT2D eigenvalue weighted by atomic mass is 32.2. The van der Waals surface area contributed by atoms with E-state index in [-0.39, 0.29) is 15.8 Å². The summed E-state index contributed by atoms with van der Waals surface area (Å²) in [6.45, 7) is 0. The molecule has 0 radical (unpaired) electrons. The smallest absolute Gasteiger partial charge is 0.273 e. The number of rotatable bonds is 1. The van der Waals surface area contributed by atoms with Crippen molar-refractivity contribution in [1.29, 1.82) is 0 Å². The van der Waals surface area contributed by atoms with E-state index in [1.165, 1.54) is 18.2 Å². The third kappa shape index (κ3) is 2.30. The van der Waals surface area contributed by atoms with Crippen molar-refractivity contribution in [2.75, 3.05) is 10.7 Å². The van der Waals surface area contributed by atoms with Gasteiger partial charge in [0.1, 0.15) is 4.32 Å². The van der Waals surface area contributed by atoms with E-state index in [9.17, 15) is 18.0 Å². The Labute approximate surface area is 105 Å². The van der Waals surface area contributed by atoms with Crippen LogP contribution in [0.15, 0.2) is 24.3 Å². The van der Waals surface area contributed by atoms with Crippen molar-refractivity contribution in [2.24, 2.45) is 0 Å². The van der Waals surface area contributed by atoms with E-state index in [0.717, 1.165) is 22.7 Å². The maximum absolute atomic E-state index is 12.8. The number of thiocarbonyl (C=S) groups is 1. The van der Waals surface area contributed by atoms with E-state index >= 15 is 0 Å².